The van der Waals surface area contributed by atoms with Crippen LogP contribution < -0.4 is 15.8 Å². The highest BCUT2D eigenvalue weighted by Gasteiger charge is 2.21. The monoisotopic (exact) mass is 449 g/mol. The summed E-state index contributed by atoms with van der Waals surface area (Å²) in [5.74, 6) is 0.0255. The number of anilines is 1. The lowest BCUT2D eigenvalue weighted by Gasteiger charge is -2.22. The number of aromatic nitrogens is 3. The number of halogens is 3. The lowest BCUT2D eigenvalue weighted by molar-refractivity contribution is 0.227. The molecule has 158 valence electrons. The van der Waals surface area contributed by atoms with Crippen molar-refractivity contribution in [2.24, 2.45) is 0 Å². The number of nitrogen functional groups attached to an aromatic ring is 1. The third-order valence-corrected chi connectivity index (χ3v) is 5.97. The maximum atomic E-state index is 13.9. The molecule has 9 heteroatoms. The molecule has 4 rings (SSSR count). The van der Waals surface area contributed by atoms with Gasteiger partial charge in [-0.2, -0.15) is 5.10 Å². The fourth-order valence-electron chi connectivity index (χ4n) is 3.62. The van der Waals surface area contributed by atoms with Gasteiger partial charge in [-0.3, -0.25) is 4.68 Å². The number of nitrogens with zero attached hydrogens (tertiary/aromatic N) is 3. The standard InChI is InChI=1S/C21H22Cl2FN5O/c1-12(19-16(22)4-5-17(24)20(19)23)30-18-7-13(8-27-21(18)25)14-9-28-29(11-14)15-3-2-6-26-10-15/h4-5,7-9,11-12,15,26H,2-3,6,10H2,1H3,(H2,25,27). The van der Waals surface area contributed by atoms with Gasteiger partial charge in [-0.15, -0.1) is 0 Å². The largest absolute Gasteiger partial charge is 0.482 e. The van der Waals surface area contributed by atoms with Crippen molar-refractivity contribution in [3.63, 3.8) is 0 Å². The Morgan fingerprint density at radius 2 is 2.13 bits per heavy atom. The first-order chi connectivity index (χ1) is 14.4. The molecule has 1 aromatic carbocycles. The summed E-state index contributed by atoms with van der Waals surface area (Å²) in [7, 11) is 0. The predicted molar refractivity (Wildman–Crippen MR) is 116 cm³/mol. The molecule has 0 saturated carbocycles. The molecule has 2 aromatic heterocycles. The molecule has 2 atom stereocenters. The maximum Gasteiger partial charge on any atom is 0.166 e. The number of nitrogens with one attached hydrogen (secondary N) is 1. The van der Waals surface area contributed by atoms with E-state index in [4.69, 9.17) is 33.7 Å². The topological polar surface area (TPSA) is 78.0 Å². The van der Waals surface area contributed by atoms with Crippen LogP contribution in [0.1, 0.15) is 37.5 Å². The summed E-state index contributed by atoms with van der Waals surface area (Å²) in [6, 6.07) is 4.80. The predicted octanol–water partition coefficient (Wildman–Crippen LogP) is 5.04. The average Bonchev–Trinajstić information content (AvgIpc) is 3.24. The number of benzene rings is 1. The van der Waals surface area contributed by atoms with E-state index >= 15 is 0 Å². The Morgan fingerprint density at radius 3 is 2.90 bits per heavy atom. The Hall–Kier alpha value is -2.35. The van der Waals surface area contributed by atoms with Gasteiger partial charge in [0, 0.05) is 40.7 Å². The SMILES string of the molecule is CC(Oc1cc(-c2cnn(C3CCCNC3)c2)cnc1N)c1c(Cl)ccc(F)c1Cl. The van der Waals surface area contributed by atoms with Crippen LogP contribution in [0.4, 0.5) is 10.2 Å². The first kappa shape index (κ1) is 20.9. The van der Waals surface area contributed by atoms with Crippen molar-refractivity contribution in [2.45, 2.75) is 31.9 Å². The molecule has 0 aliphatic carbocycles. The van der Waals surface area contributed by atoms with E-state index in [-0.39, 0.29) is 10.8 Å². The fraction of sp³-hybridized carbons (Fsp3) is 0.333. The second-order valence-corrected chi connectivity index (χ2v) is 8.12. The number of rotatable bonds is 5. The Balaban J connectivity index is 1.58. The summed E-state index contributed by atoms with van der Waals surface area (Å²) in [5, 5.41) is 8.15. The van der Waals surface area contributed by atoms with E-state index in [0.29, 0.717) is 22.4 Å². The molecule has 2 unspecified atom stereocenters. The molecule has 6 nitrogen and oxygen atoms in total. The van der Waals surface area contributed by atoms with Crippen LogP contribution in [-0.4, -0.2) is 27.9 Å². The Kier molecular flexibility index (Phi) is 6.13. The Morgan fingerprint density at radius 1 is 1.30 bits per heavy atom. The zero-order valence-electron chi connectivity index (χ0n) is 16.4. The van der Waals surface area contributed by atoms with Crippen molar-refractivity contribution in [1.82, 2.24) is 20.1 Å². The average molecular weight is 450 g/mol. The van der Waals surface area contributed by atoms with Gasteiger partial charge in [0.25, 0.3) is 0 Å². The molecule has 0 radical (unpaired) electrons. The van der Waals surface area contributed by atoms with Crippen molar-refractivity contribution >= 4 is 29.0 Å². The zero-order valence-corrected chi connectivity index (χ0v) is 17.9. The first-order valence-corrected chi connectivity index (χ1v) is 10.5. The summed E-state index contributed by atoms with van der Waals surface area (Å²) >= 11 is 12.3. The van der Waals surface area contributed by atoms with Gasteiger partial charge in [-0.25, -0.2) is 9.37 Å². The normalized spacial score (nSPS) is 17.7. The minimum absolute atomic E-state index is 0.0694. The van der Waals surface area contributed by atoms with Crippen LogP contribution in [0.25, 0.3) is 11.1 Å². The van der Waals surface area contributed by atoms with E-state index in [2.05, 4.69) is 15.4 Å². The molecule has 30 heavy (non-hydrogen) atoms. The molecule has 3 heterocycles. The van der Waals surface area contributed by atoms with Crippen LogP contribution in [0, 0.1) is 5.82 Å². The maximum absolute atomic E-state index is 13.9. The number of nitrogens with two attached hydrogens (primary N) is 1. The molecule has 0 bridgehead atoms. The molecular formula is C21H22Cl2FN5O. The lowest BCUT2D eigenvalue weighted by atomic mass is 10.1. The number of hydrogen-bond acceptors (Lipinski definition) is 5. The van der Waals surface area contributed by atoms with Crippen molar-refractivity contribution in [3.8, 4) is 16.9 Å². The van der Waals surface area contributed by atoms with Gasteiger partial charge < -0.3 is 15.8 Å². The van der Waals surface area contributed by atoms with E-state index in [9.17, 15) is 4.39 Å². The Labute approximate surface area is 184 Å². The van der Waals surface area contributed by atoms with Gasteiger partial charge >= 0.3 is 0 Å². The smallest absolute Gasteiger partial charge is 0.166 e. The fourth-order valence-corrected chi connectivity index (χ4v) is 4.30. The van der Waals surface area contributed by atoms with Crippen molar-refractivity contribution in [3.05, 3.63) is 58.2 Å². The molecule has 1 aliphatic rings. The van der Waals surface area contributed by atoms with Crippen LogP contribution in [0.15, 0.2) is 36.8 Å². The van der Waals surface area contributed by atoms with E-state index < -0.39 is 11.9 Å². The minimum Gasteiger partial charge on any atom is -0.482 e. The van der Waals surface area contributed by atoms with E-state index in [1.807, 2.05) is 10.9 Å². The summed E-state index contributed by atoms with van der Waals surface area (Å²) in [6.45, 7) is 3.68. The highest BCUT2D eigenvalue weighted by molar-refractivity contribution is 6.36. The van der Waals surface area contributed by atoms with Gasteiger partial charge in [-0.05, 0) is 44.5 Å². The van der Waals surface area contributed by atoms with E-state index in [1.54, 1.807) is 25.4 Å². The summed E-state index contributed by atoms with van der Waals surface area (Å²) in [4.78, 5) is 4.25. The van der Waals surface area contributed by atoms with Crippen LogP contribution >= 0.6 is 23.2 Å². The molecule has 0 amide bonds. The van der Waals surface area contributed by atoms with Crippen molar-refractivity contribution in [2.75, 3.05) is 18.8 Å². The van der Waals surface area contributed by atoms with Crippen LogP contribution in [0.5, 0.6) is 5.75 Å². The van der Waals surface area contributed by atoms with Crippen molar-refractivity contribution < 1.29 is 9.13 Å². The molecule has 1 fully saturated rings. The van der Waals surface area contributed by atoms with Crippen LogP contribution in [0.3, 0.4) is 0 Å². The number of hydrogen-bond donors (Lipinski definition) is 2. The zero-order chi connectivity index (χ0) is 21.3. The van der Waals surface area contributed by atoms with Gasteiger partial charge in [0.2, 0.25) is 0 Å². The lowest BCUT2D eigenvalue weighted by Crippen LogP contribution is -2.31. The summed E-state index contributed by atoms with van der Waals surface area (Å²) < 4.78 is 21.8. The third kappa shape index (κ3) is 4.24. The second kappa shape index (κ2) is 8.79. The van der Waals surface area contributed by atoms with Gasteiger partial charge in [0.1, 0.15) is 11.9 Å². The third-order valence-electron chi connectivity index (χ3n) is 5.25. The first-order valence-electron chi connectivity index (χ1n) is 9.75. The highest BCUT2D eigenvalue weighted by Crippen LogP contribution is 2.37. The van der Waals surface area contributed by atoms with Crippen LogP contribution in [-0.2, 0) is 0 Å². The van der Waals surface area contributed by atoms with Gasteiger partial charge in [0.05, 0.1) is 17.3 Å². The number of ether oxygens (including phenoxy) is 1. The van der Waals surface area contributed by atoms with Gasteiger partial charge in [0.15, 0.2) is 11.6 Å². The van der Waals surface area contributed by atoms with E-state index in [1.165, 1.54) is 12.1 Å². The summed E-state index contributed by atoms with van der Waals surface area (Å²) in [5.41, 5.74) is 8.11. The van der Waals surface area contributed by atoms with E-state index in [0.717, 1.165) is 37.1 Å². The highest BCUT2D eigenvalue weighted by atomic mass is 35.5. The number of pyridine rings is 1. The minimum atomic E-state index is -0.629. The molecule has 1 aliphatic heterocycles. The molecular weight excluding hydrogens is 428 g/mol. The van der Waals surface area contributed by atoms with Crippen molar-refractivity contribution in [1.29, 1.82) is 0 Å². The number of piperidine rings is 1. The molecule has 1 saturated heterocycles. The Bertz CT molecular complexity index is 1050. The molecule has 0 spiro atoms. The van der Waals surface area contributed by atoms with Gasteiger partial charge in [-0.1, -0.05) is 23.2 Å². The molecule has 3 aromatic rings. The quantitative estimate of drug-likeness (QED) is 0.533. The second-order valence-electron chi connectivity index (χ2n) is 7.33. The van der Waals surface area contributed by atoms with Crippen LogP contribution in [0.2, 0.25) is 10.0 Å². The summed E-state index contributed by atoms with van der Waals surface area (Å²) in [6.07, 6.45) is 7.07. The molecule has 3 N–H and O–H groups in total.